The highest BCUT2D eigenvalue weighted by atomic mass is 16.5. The molecular weight excluding hydrogens is 242 g/mol. The Kier molecular flexibility index (Phi) is 5.34. The van der Waals surface area contributed by atoms with Crippen molar-refractivity contribution in [2.45, 2.75) is 57.6 Å². The van der Waals surface area contributed by atoms with Crippen molar-refractivity contribution in [3.8, 4) is 0 Å². The molecule has 1 aliphatic carbocycles. The Balaban J connectivity index is 2.10. The van der Waals surface area contributed by atoms with Crippen LogP contribution in [0.2, 0.25) is 0 Å². The second-order valence-corrected chi connectivity index (χ2v) is 5.29. The lowest BCUT2D eigenvalue weighted by molar-refractivity contribution is 0.0273. The van der Waals surface area contributed by atoms with E-state index < -0.39 is 0 Å². The maximum absolute atomic E-state index is 5.63. The van der Waals surface area contributed by atoms with E-state index in [1.54, 1.807) is 7.11 Å². The molecule has 0 radical (unpaired) electrons. The second kappa shape index (κ2) is 7.01. The Morgan fingerprint density at radius 2 is 2.11 bits per heavy atom. The SMILES string of the molecule is CCC(NC)c1nc(C(OC)C2CCCCC2)no1. The zero-order chi connectivity index (χ0) is 13.7. The largest absolute Gasteiger partial charge is 0.373 e. The van der Waals surface area contributed by atoms with Crippen LogP contribution in [0.1, 0.15) is 69.3 Å². The molecule has 2 rings (SSSR count). The topological polar surface area (TPSA) is 60.2 Å². The molecule has 2 unspecified atom stereocenters. The number of aromatic nitrogens is 2. The highest BCUT2D eigenvalue weighted by Crippen LogP contribution is 2.35. The van der Waals surface area contributed by atoms with Crippen molar-refractivity contribution >= 4 is 0 Å². The summed E-state index contributed by atoms with van der Waals surface area (Å²) in [5.41, 5.74) is 0. The smallest absolute Gasteiger partial charge is 0.243 e. The standard InChI is InChI=1S/C14H25N3O2/c1-4-11(15-2)14-16-13(17-19-14)12(18-3)10-8-6-5-7-9-10/h10-12,15H,4-9H2,1-3H3. The molecule has 5 nitrogen and oxygen atoms in total. The molecule has 0 bridgehead atoms. The zero-order valence-corrected chi connectivity index (χ0v) is 12.2. The molecule has 0 saturated heterocycles. The van der Waals surface area contributed by atoms with Crippen molar-refractivity contribution in [1.82, 2.24) is 15.5 Å². The van der Waals surface area contributed by atoms with Crippen LogP contribution in [0.15, 0.2) is 4.52 Å². The molecule has 0 spiro atoms. The minimum absolute atomic E-state index is 0.0211. The fourth-order valence-electron chi connectivity index (χ4n) is 2.95. The number of hydrogen-bond donors (Lipinski definition) is 1. The minimum Gasteiger partial charge on any atom is -0.373 e. The number of ether oxygens (including phenoxy) is 1. The highest BCUT2D eigenvalue weighted by Gasteiger charge is 2.29. The quantitative estimate of drug-likeness (QED) is 0.858. The van der Waals surface area contributed by atoms with Crippen LogP contribution in [0.4, 0.5) is 0 Å². The maximum atomic E-state index is 5.63. The molecule has 1 aromatic rings. The van der Waals surface area contributed by atoms with Crippen LogP contribution in [0.3, 0.4) is 0 Å². The summed E-state index contributed by atoms with van der Waals surface area (Å²) >= 11 is 0. The maximum Gasteiger partial charge on any atom is 0.243 e. The minimum atomic E-state index is -0.0211. The summed E-state index contributed by atoms with van der Waals surface area (Å²) in [6.07, 6.45) is 7.21. The molecule has 1 N–H and O–H groups in total. The summed E-state index contributed by atoms with van der Waals surface area (Å²) in [5, 5.41) is 7.31. The average molecular weight is 267 g/mol. The van der Waals surface area contributed by atoms with Crippen molar-refractivity contribution in [1.29, 1.82) is 0 Å². The molecule has 0 amide bonds. The summed E-state index contributed by atoms with van der Waals surface area (Å²) in [7, 11) is 3.65. The number of hydrogen-bond acceptors (Lipinski definition) is 5. The number of rotatable bonds is 6. The molecule has 1 aliphatic rings. The lowest BCUT2D eigenvalue weighted by Gasteiger charge is -2.26. The first-order valence-corrected chi connectivity index (χ1v) is 7.33. The van der Waals surface area contributed by atoms with E-state index in [4.69, 9.17) is 9.26 Å². The van der Waals surface area contributed by atoms with Crippen LogP contribution in [0.5, 0.6) is 0 Å². The number of nitrogens with one attached hydrogen (secondary N) is 1. The van der Waals surface area contributed by atoms with Gasteiger partial charge in [-0.15, -0.1) is 0 Å². The van der Waals surface area contributed by atoms with Gasteiger partial charge in [-0.05, 0) is 32.2 Å². The van der Waals surface area contributed by atoms with Crippen LogP contribution >= 0.6 is 0 Å². The second-order valence-electron chi connectivity index (χ2n) is 5.29. The van der Waals surface area contributed by atoms with Gasteiger partial charge in [0.15, 0.2) is 0 Å². The van der Waals surface area contributed by atoms with Crippen LogP contribution in [-0.2, 0) is 4.74 Å². The molecule has 1 fully saturated rings. The Labute approximate surface area is 115 Å². The van der Waals surface area contributed by atoms with Gasteiger partial charge in [0, 0.05) is 7.11 Å². The molecule has 5 heteroatoms. The molecule has 0 aliphatic heterocycles. The Morgan fingerprint density at radius 1 is 1.37 bits per heavy atom. The van der Waals surface area contributed by atoms with Crippen molar-refractivity contribution in [3.63, 3.8) is 0 Å². The Hall–Kier alpha value is -0.940. The van der Waals surface area contributed by atoms with Gasteiger partial charge in [0.25, 0.3) is 0 Å². The first-order valence-electron chi connectivity index (χ1n) is 7.33. The van der Waals surface area contributed by atoms with Gasteiger partial charge in [0.2, 0.25) is 11.7 Å². The van der Waals surface area contributed by atoms with Crippen molar-refractivity contribution in [2.75, 3.05) is 14.2 Å². The normalized spacial score (nSPS) is 20.4. The summed E-state index contributed by atoms with van der Waals surface area (Å²) in [6.45, 7) is 2.10. The van der Waals surface area contributed by atoms with E-state index in [0.29, 0.717) is 17.6 Å². The summed E-state index contributed by atoms with van der Waals surface area (Å²) in [5.74, 6) is 1.90. The van der Waals surface area contributed by atoms with E-state index in [9.17, 15) is 0 Å². The molecule has 1 heterocycles. The number of nitrogens with zero attached hydrogens (tertiary/aromatic N) is 2. The van der Waals surface area contributed by atoms with E-state index >= 15 is 0 Å². The monoisotopic (exact) mass is 267 g/mol. The Bertz CT molecular complexity index is 371. The van der Waals surface area contributed by atoms with Crippen molar-refractivity contribution < 1.29 is 9.26 Å². The first kappa shape index (κ1) is 14.5. The van der Waals surface area contributed by atoms with Crippen LogP contribution in [0.25, 0.3) is 0 Å². The fraction of sp³-hybridized carbons (Fsp3) is 0.857. The van der Waals surface area contributed by atoms with Gasteiger partial charge < -0.3 is 14.6 Å². The van der Waals surface area contributed by atoms with E-state index in [1.165, 1.54) is 32.1 Å². The molecule has 19 heavy (non-hydrogen) atoms. The predicted octanol–water partition coefficient (Wildman–Crippen LogP) is 3.01. The van der Waals surface area contributed by atoms with E-state index in [-0.39, 0.29) is 12.1 Å². The number of methoxy groups -OCH3 is 1. The van der Waals surface area contributed by atoms with Gasteiger partial charge in [-0.3, -0.25) is 0 Å². The van der Waals surface area contributed by atoms with Gasteiger partial charge >= 0.3 is 0 Å². The third-order valence-electron chi connectivity index (χ3n) is 4.10. The summed E-state index contributed by atoms with van der Waals surface area (Å²) in [6, 6.07) is 0.130. The van der Waals surface area contributed by atoms with E-state index in [0.717, 1.165) is 6.42 Å². The van der Waals surface area contributed by atoms with Crippen molar-refractivity contribution in [3.05, 3.63) is 11.7 Å². The third kappa shape index (κ3) is 3.34. The molecule has 2 atom stereocenters. The van der Waals surface area contributed by atoms with E-state index in [2.05, 4.69) is 22.4 Å². The molecule has 0 aromatic carbocycles. The molecular formula is C14H25N3O2. The van der Waals surface area contributed by atoms with Crippen LogP contribution in [0, 0.1) is 5.92 Å². The fourth-order valence-corrected chi connectivity index (χ4v) is 2.95. The van der Waals surface area contributed by atoms with Crippen molar-refractivity contribution in [2.24, 2.45) is 5.92 Å². The summed E-state index contributed by atoms with van der Waals surface area (Å²) in [4.78, 5) is 4.53. The van der Waals surface area contributed by atoms with Gasteiger partial charge in [-0.25, -0.2) is 0 Å². The van der Waals surface area contributed by atoms with Crippen LogP contribution in [-0.4, -0.2) is 24.3 Å². The first-order chi connectivity index (χ1) is 9.30. The predicted molar refractivity (Wildman–Crippen MR) is 72.7 cm³/mol. The molecule has 108 valence electrons. The third-order valence-corrected chi connectivity index (χ3v) is 4.10. The lowest BCUT2D eigenvalue weighted by atomic mass is 9.85. The van der Waals surface area contributed by atoms with E-state index in [1.807, 2.05) is 7.05 Å². The lowest BCUT2D eigenvalue weighted by Crippen LogP contribution is -2.20. The van der Waals surface area contributed by atoms with Gasteiger partial charge in [0.1, 0.15) is 6.10 Å². The van der Waals surface area contributed by atoms with Gasteiger partial charge in [-0.1, -0.05) is 31.3 Å². The molecule has 1 saturated carbocycles. The highest BCUT2D eigenvalue weighted by molar-refractivity contribution is 4.98. The average Bonchev–Trinajstić information content (AvgIpc) is 2.92. The summed E-state index contributed by atoms with van der Waals surface area (Å²) < 4.78 is 11.0. The van der Waals surface area contributed by atoms with Gasteiger partial charge in [0.05, 0.1) is 6.04 Å². The Morgan fingerprint density at radius 3 is 2.68 bits per heavy atom. The van der Waals surface area contributed by atoms with Crippen LogP contribution < -0.4 is 5.32 Å². The zero-order valence-electron chi connectivity index (χ0n) is 12.2. The molecule has 1 aromatic heterocycles. The van der Waals surface area contributed by atoms with Gasteiger partial charge in [-0.2, -0.15) is 4.98 Å².